The average molecular weight is 1330 g/mol. The summed E-state index contributed by atoms with van der Waals surface area (Å²) in [7, 11) is 3.33. The molecule has 0 atom stereocenters. The number of ether oxygens (including phenoxy) is 4. The molecule has 8 nitrogen and oxygen atoms in total. The van der Waals surface area contributed by atoms with E-state index in [0.29, 0.717) is 24.7 Å². The first-order valence-electron chi connectivity index (χ1n) is 31.0. The van der Waals surface area contributed by atoms with Gasteiger partial charge in [-0.25, -0.2) is 0 Å². The number of thiophene rings is 2. The normalized spacial score (nSPS) is 11.9. The van der Waals surface area contributed by atoms with Crippen molar-refractivity contribution in [2.45, 2.75) is 118 Å². The van der Waals surface area contributed by atoms with E-state index in [2.05, 4.69) is 190 Å². The largest absolute Gasteiger partial charge is 0.582 e. The van der Waals surface area contributed by atoms with E-state index in [1.165, 1.54) is 66.5 Å². The molecular formula is C80H88N2O6S2Zr. The molecule has 0 aliphatic carbocycles. The number of hydrogen-bond acceptors (Lipinski definition) is 6. The van der Waals surface area contributed by atoms with Crippen molar-refractivity contribution in [3.8, 4) is 66.8 Å². The zero-order valence-corrected chi connectivity index (χ0v) is 59.5. The van der Waals surface area contributed by atoms with Gasteiger partial charge in [-0.2, -0.15) is 49.2 Å². The number of aliphatic hydroxyl groups is 2. The molecule has 4 heterocycles. The fraction of sp³-hybridized carbons (Fsp3) is 0.275. The van der Waals surface area contributed by atoms with Gasteiger partial charge in [0.05, 0.1) is 68.5 Å². The molecule has 0 amide bonds. The number of methoxy groups -OCH3 is 2. The fourth-order valence-electron chi connectivity index (χ4n) is 11.3. The Morgan fingerprint density at radius 1 is 0.407 bits per heavy atom. The minimum Gasteiger partial charge on any atom is -0.582 e. The number of benzene rings is 8. The Bertz CT molecular complexity index is 4060. The van der Waals surface area contributed by atoms with E-state index in [4.69, 9.17) is 18.9 Å². The summed E-state index contributed by atoms with van der Waals surface area (Å²) >= 11 is 3.03. The summed E-state index contributed by atoms with van der Waals surface area (Å²) in [5, 5.41) is 33.4. The van der Waals surface area contributed by atoms with Crippen LogP contribution in [0.25, 0.3) is 75.9 Å². The molecule has 0 spiro atoms. The minimum atomic E-state index is -0.0187. The maximum atomic E-state index is 12.3. The second kappa shape index (κ2) is 27.6. The Labute approximate surface area is 566 Å². The van der Waals surface area contributed by atoms with Crippen LogP contribution in [0.5, 0.6) is 34.5 Å². The molecule has 8 aromatic carbocycles. The van der Waals surface area contributed by atoms with E-state index in [1.807, 2.05) is 97.1 Å². The summed E-state index contributed by atoms with van der Waals surface area (Å²) < 4.78 is 26.1. The van der Waals surface area contributed by atoms with Crippen LogP contribution < -0.4 is 9.47 Å². The molecular weight excluding hydrogens is 1240 g/mol. The van der Waals surface area contributed by atoms with Gasteiger partial charge in [0.2, 0.25) is 0 Å². The number of aromatic hydroxyl groups is 4. The smallest absolute Gasteiger partial charge is 0.263 e. The summed E-state index contributed by atoms with van der Waals surface area (Å²) in [6.07, 6.45) is 1.60. The summed E-state index contributed by atoms with van der Waals surface area (Å²) in [4.78, 5) is 1.48. The molecule has 0 saturated heterocycles. The molecule has 91 heavy (non-hydrogen) atoms. The molecule has 4 aromatic heterocycles. The third kappa shape index (κ3) is 14.8. The molecule has 0 saturated carbocycles. The van der Waals surface area contributed by atoms with Gasteiger partial charge in [-0.15, -0.1) is 46.9 Å². The zero-order valence-electron chi connectivity index (χ0n) is 55.4. The molecule has 4 N–H and O–H groups in total. The van der Waals surface area contributed by atoms with E-state index >= 15 is 0 Å². The second-order valence-corrected chi connectivity index (χ2v) is 29.2. The molecule has 0 unspecified atom stereocenters. The van der Waals surface area contributed by atoms with Gasteiger partial charge >= 0.3 is 0 Å². The van der Waals surface area contributed by atoms with Gasteiger partial charge in [0.1, 0.15) is 11.5 Å². The van der Waals surface area contributed by atoms with Crippen molar-refractivity contribution < 1.29 is 55.4 Å². The monoisotopic (exact) mass is 1330 g/mol. The van der Waals surface area contributed by atoms with Gasteiger partial charge in [-0.1, -0.05) is 119 Å². The van der Waals surface area contributed by atoms with Crippen LogP contribution in [0.3, 0.4) is 0 Å². The molecule has 470 valence electrons. The van der Waals surface area contributed by atoms with Crippen molar-refractivity contribution in [2.75, 3.05) is 27.4 Å². The first kappa shape index (κ1) is 67.6. The maximum Gasteiger partial charge on any atom is 0.263 e. The third-order valence-corrected chi connectivity index (χ3v) is 18.7. The van der Waals surface area contributed by atoms with Gasteiger partial charge in [0, 0.05) is 83.5 Å². The van der Waals surface area contributed by atoms with Crippen molar-refractivity contribution >= 4 is 66.3 Å². The minimum absolute atomic E-state index is 0. The first-order valence-corrected chi connectivity index (χ1v) is 32.8. The molecule has 0 fully saturated rings. The second-order valence-electron chi connectivity index (χ2n) is 27.4. The van der Waals surface area contributed by atoms with Gasteiger partial charge in [0.15, 0.2) is 24.7 Å². The fourth-order valence-corrected chi connectivity index (χ4v) is 13.2. The quantitative estimate of drug-likeness (QED) is 0.0683. The number of aromatic nitrogens is 2. The summed E-state index contributed by atoms with van der Waals surface area (Å²) in [6, 6.07) is 58.5. The number of fused-ring (bicyclic) bond motifs is 6. The molecule has 11 heteroatoms. The topological polar surface area (TPSA) is 94.4 Å². The molecule has 0 bridgehead atoms. The van der Waals surface area contributed by atoms with E-state index in [1.54, 1.807) is 14.2 Å². The predicted octanol–water partition coefficient (Wildman–Crippen LogP) is 21.7. The number of hydrogen-bond donors (Lipinski definition) is 2. The summed E-state index contributed by atoms with van der Waals surface area (Å²) in [5.41, 5.74) is 14.5. The Morgan fingerprint density at radius 3 is 0.956 bits per heavy atom. The third-order valence-electron chi connectivity index (χ3n) is 16.7. The van der Waals surface area contributed by atoms with Crippen LogP contribution in [-0.4, -0.2) is 56.3 Å². The molecule has 0 aliphatic rings. The van der Waals surface area contributed by atoms with E-state index in [0.717, 1.165) is 89.8 Å². The predicted molar refractivity (Wildman–Crippen MR) is 384 cm³/mol. The van der Waals surface area contributed by atoms with E-state index in [-0.39, 0.29) is 59.4 Å². The van der Waals surface area contributed by atoms with Gasteiger partial charge < -0.3 is 38.3 Å². The van der Waals surface area contributed by atoms with Crippen LogP contribution in [0.15, 0.2) is 181 Å². The Balaban J connectivity index is 0.000000577. The Hall–Kier alpha value is -7.82. The number of unbranched alkanes of at least 4 members (excludes halogenated alkanes) is 1. The summed E-state index contributed by atoms with van der Waals surface area (Å²) in [6.45, 7) is 35.6. The molecule has 12 aromatic rings. The van der Waals surface area contributed by atoms with Crippen LogP contribution in [0.4, 0.5) is 0 Å². The Morgan fingerprint density at radius 2 is 0.703 bits per heavy atom. The van der Waals surface area contributed by atoms with E-state index in [9.17, 15) is 10.2 Å². The van der Waals surface area contributed by atoms with Crippen LogP contribution in [0.1, 0.15) is 129 Å². The van der Waals surface area contributed by atoms with Crippen molar-refractivity contribution in [1.82, 2.24) is 9.13 Å². The average Bonchev–Trinajstić information content (AvgIpc) is 1.59. The number of rotatable bonds is 13. The SMILES string of the molecule is COc1ccc([OH+]CCCC[OH+]c2ccc(OC)cc2-c2scc(-n3c4ccc(C(C)(C)C)cc4c4cc(C(C)(C)C)ccc43)c2O)c(-c2scc(-n3c4ccc(C(C)(C)C)cc4c4cc(C(C)(C)C)ccc43)c2O)c1.[CH2-]c1ccccc1.[CH2-]c1ccccc1.[Zr]. The summed E-state index contributed by atoms with van der Waals surface area (Å²) in [5.74, 6) is 3.41. The maximum absolute atomic E-state index is 12.3. The van der Waals surface area contributed by atoms with Gasteiger partial charge in [-0.05, 0) is 117 Å². The Kier molecular flexibility index (Phi) is 20.5. The standard InChI is InChI=1S/C66H72N2O6S2.2C7H7.Zr/c1-63(2,3)39-17-23-51-45(31-39)46-32-40(64(4,5)6)18-24-52(46)67(51)55-37-75-61(59(55)69)49-35-43(71-13)21-27-57(49)73-29-15-16-30-74-58-28-22-44(72-14)36-50(58)62-60(70)56(38-76-62)68-53-25-19-41(65(7,8)9)33-47(53)48-34-42(66(10,11)12)20-26-54(48)68;2*1-7-5-3-2-4-6-7;/h17-28,31-38,69-70H,15-16,29-30H2,1-14H3;2*2-6H,1H2;/q;2*-1;/p+2. The van der Waals surface area contributed by atoms with Crippen LogP contribution in [0, 0.1) is 13.8 Å². The van der Waals surface area contributed by atoms with Gasteiger partial charge in [0.25, 0.3) is 11.5 Å². The van der Waals surface area contributed by atoms with Crippen molar-refractivity contribution in [3.63, 3.8) is 0 Å². The van der Waals surface area contributed by atoms with E-state index < -0.39 is 0 Å². The van der Waals surface area contributed by atoms with Crippen LogP contribution in [0.2, 0.25) is 0 Å². The van der Waals surface area contributed by atoms with Crippen molar-refractivity contribution in [1.29, 1.82) is 0 Å². The molecule has 0 radical (unpaired) electrons. The number of nitrogens with zero attached hydrogens (tertiary/aromatic N) is 2. The zero-order chi connectivity index (χ0) is 64.5. The first-order chi connectivity index (χ1) is 42.7. The molecule has 0 aliphatic heterocycles. The van der Waals surface area contributed by atoms with Crippen molar-refractivity contribution in [2.24, 2.45) is 0 Å². The van der Waals surface area contributed by atoms with Crippen LogP contribution in [-0.2, 0) is 47.9 Å². The van der Waals surface area contributed by atoms with Crippen LogP contribution >= 0.6 is 22.7 Å². The van der Waals surface area contributed by atoms with Crippen molar-refractivity contribution in [3.05, 3.63) is 228 Å². The molecule has 12 rings (SSSR count). The van der Waals surface area contributed by atoms with Gasteiger partial charge in [-0.3, -0.25) is 0 Å².